The highest BCUT2D eigenvalue weighted by molar-refractivity contribution is 5.81. The number of benzene rings is 1. The molecule has 0 unspecified atom stereocenters. The van der Waals surface area contributed by atoms with Crippen molar-refractivity contribution in [3.63, 3.8) is 0 Å². The van der Waals surface area contributed by atoms with E-state index in [4.69, 9.17) is 0 Å². The maximum absolute atomic E-state index is 4.55. The Morgan fingerprint density at radius 1 is 1.00 bits per heavy atom. The van der Waals surface area contributed by atoms with Gasteiger partial charge in [-0.1, -0.05) is 6.07 Å². The largest absolute Gasteiger partial charge is 0.371 e. The van der Waals surface area contributed by atoms with Crippen LogP contribution in [0.2, 0.25) is 0 Å². The number of piperidine rings is 1. The smallest absolute Gasteiger partial charge is 0.0650 e. The lowest BCUT2D eigenvalue weighted by molar-refractivity contribution is 0.578. The van der Waals surface area contributed by atoms with Gasteiger partial charge >= 0.3 is 0 Å². The predicted octanol–water partition coefficient (Wildman–Crippen LogP) is 3.82. The molecule has 0 bridgehead atoms. The van der Waals surface area contributed by atoms with E-state index < -0.39 is 0 Å². The van der Waals surface area contributed by atoms with Crippen LogP contribution in [0.4, 0.5) is 11.4 Å². The molecule has 102 valence electrons. The number of nitrogens with zero attached hydrogens (tertiary/aromatic N) is 3. The number of pyridine rings is 1. The van der Waals surface area contributed by atoms with Gasteiger partial charge < -0.3 is 4.90 Å². The second-order valence-electron chi connectivity index (χ2n) is 5.11. The van der Waals surface area contributed by atoms with Crippen molar-refractivity contribution >= 4 is 17.6 Å². The molecule has 0 saturated carbocycles. The fourth-order valence-electron chi connectivity index (χ4n) is 2.52. The molecule has 1 fully saturated rings. The quantitative estimate of drug-likeness (QED) is 0.789. The number of aromatic nitrogens is 1. The molecule has 0 atom stereocenters. The van der Waals surface area contributed by atoms with Crippen LogP contribution in [-0.2, 0) is 0 Å². The fraction of sp³-hybridized carbons (Fsp3) is 0.294. The molecule has 1 aromatic heterocycles. The summed E-state index contributed by atoms with van der Waals surface area (Å²) in [6, 6.07) is 12.4. The lowest BCUT2D eigenvalue weighted by Gasteiger charge is -2.28. The normalized spacial score (nSPS) is 15.7. The summed E-state index contributed by atoms with van der Waals surface area (Å²) in [5, 5.41) is 0. The van der Waals surface area contributed by atoms with Crippen molar-refractivity contribution in [2.45, 2.75) is 19.3 Å². The van der Waals surface area contributed by atoms with Crippen LogP contribution in [-0.4, -0.2) is 24.3 Å². The molecule has 0 radical (unpaired) electrons. The molecule has 2 aromatic rings. The van der Waals surface area contributed by atoms with Gasteiger partial charge in [-0.3, -0.25) is 9.98 Å². The molecular weight excluding hydrogens is 246 g/mol. The number of hydrogen-bond donors (Lipinski definition) is 0. The Morgan fingerprint density at radius 3 is 2.60 bits per heavy atom. The molecule has 0 N–H and O–H groups in total. The molecule has 1 aromatic carbocycles. The molecule has 3 heteroatoms. The summed E-state index contributed by atoms with van der Waals surface area (Å²) in [6.45, 7) is 2.33. The highest BCUT2D eigenvalue weighted by Gasteiger charge is 2.10. The van der Waals surface area contributed by atoms with Gasteiger partial charge in [0, 0.05) is 37.4 Å². The van der Waals surface area contributed by atoms with E-state index in [9.17, 15) is 0 Å². The Balaban J connectivity index is 1.75. The monoisotopic (exact) mass is 265 g/mol. The van der Waals surface area contributed by atoms with Gasteiger partial charge in [0.15, 0.2) is 0 Å². The van der Waals surface area contributed by atoms with Crippen LogP contribution < -0.4 is 4.90 Å². The van der Waals surface area contributed by atoms with Crippen molar-refractivity contribution in [3.05, 3.63) is 54.4 Å². The van der Waals surface area contributed by atoms with E-state index in [1.54, 1.807) is 12.4 Å². The van der Waals surface area contributed by atoms with Crippen molar-refractivity contribution < 1.29 is 0 Å². The minimum absolute atomic E-state index is 1.00. The molecule has 1 saturated heterocycles. The molecular formula is C17H19N3. The zero-order chi connectivity index (χ0) is 13.6. The Labute approximate surface area is 120 Å². The molecule has 3 nitrogen and oxygen atoms in total. The summed E-state index contributed by atoms with van der Waals surface area (Å²) < 4.78 is 0. The van der Waals surface area contributed by atoms with Gasteiger partial charge in [-0.25, -0.2) is 0 Å². The van der Waals surface area contributed by atoms with Crippen LogP contribution >= 0.6 is 0 Å². The van der Waals surface area contributed by atoms with Crippen LogP contribution in [0.25, 0.3) is 0 Å². The fourth-order valence-corrected chi connectivity index (χ4v) is 2.52. The van der Waals surface area contributed by atoms with Gasteiger partial charge in [0.2, 0.25) is 0 Å². The van der Waals surface area contributed by atoms with Crippen LogP contribution in [0.1, 0.15) is 24.8 Å². The van der Waals surface area contributed by atoms with E-state index in [1.807, 2.05) is 24.4 Å². The molecule has 0 amide bonds. The Hall–Kier alpha value is -2.16. The average molecular weight is 265 g/mol. The first-order valence-electron chi connectivity index (χ1n) is 7.21. The average Bonchev–Trinajstić information content (AvgIpc) is 2.55. The van der Waals surface area contributed by atoms with Crippen molar-refractivity contribution in [2.75, 3.05) is 18.0 Å². The molecule has 0 aliphatic carbocycles. The topological polar surface area (TPSA) is 28.5 Å². The Bertz CT molecular complexity index is 572. The minimum atomic E-state index is 1.00. The van der Waals surface area contributed by atoms with Crippen molar-refractivity contribution in [1.82, 2.24) is 4.98 Å². The highest BCUT2D eigenvalue weighted by Crippen LogP contribution is 2.24. The summed E-state index contributed by atoms with van der Waals surface area (Å²) >= 11 is 0. The van der Waals surface area contributed by atoms with E-state index >= 15 is 0 Å². The Kier molecular flexibility index (Phi) is 4.07. The summed E-state index contributed by atoms with van der Waals surface area (Å²) in [4.78, 5) is 11.0. The number of hydrogen-bond acceptors (Lipinski definition) is 3. The third-order valence-corrected chi connectivity index (χ3v) is 3.62. The van der Waals surface area contributed by atoms with Crippen LogP contribution in [0, 0.1) is 0 Å². The molecule has 1 aliphatic rings. The lowest BCUT2D eigenvalue weighted by atomic mass is 10.1. The van der Waals surface area contributed by atoms with Gasteiger partial charge in [-0.15, -0.1) is 0 Å². The van der Waals surface area contributed by atoms with Crippen molar-refractivity contribution in [2.24, 2.45) is 4.99 Å². The van der Waals surface area contributed by atoms with Gasteiger partial charge in [-0.2, -0.15) is 0 Å². The molecule has 2 heterocycles. The maximum Gasteiger partial charge on any atom is 0.0650 e. The third kappa shape index (κ3) is 3.23. The summed E-state index contributed by atoms with van der Waals surface area (Å²) in [7, 11) is 0. The van der Waals surface area contributed by atoms with E-state index in [0.29, 0.717) is 0 Å². The highest BCUT2D eigenvalue weighted by atomic mass is 15.1. The van der Waals surface area contributed by atoms with E-state index in [1.165, 1.54) is 24.9 Å². The molecule has 20 heavy (non-hydrogen) atoms. The first-order valence-corrected chi connectivity index (χ1v) is 7.21. The second kappa shape index (κ2) is 6.33. The van der Waals surface area contributed by atoms with Crippen LogP contribution in [0.5, 0.6) is 0 Å². The SMILES string of the molecule is C(=Nc1cccc(N2CCCCC2)c1)c1ccncc1. The van der Waals surface area contributed by atoms with Gasteiger partial charge in [0.05, 0.1) is 5.69 Å². The first kappa shape index (κ1) is 12.9. The van der Waals surface area contributed by atoms with Crippen LogP contribution in [0.15, 0.2) is 53.8 Å². The van der Waals surface area contributed by atoms with E-state index in [2.05, 4.69) is 33.1 Å². The lowest BCUT2D eigenvalue weighted by Crippen LogP contribution is -2.29. The second-order valence-corrected chi connectivity index (χ2v) is 5.11. The predicted molar refractivity (Wildman–Crippen MR) is 84.0 cm³/mol. The van der Waals surface area contributed by atoms with Crippen LogP contribution in [0.3, 0.4) is 0 Å². The van der Waals surface area contributed by atoms with E-state index in [0.717, 1.165) is 24.3 Å². The molecule has 3 rings (SSSR count). The zero-order valence-electron chi connectivity index (χ0n) is 11.6. The zero-order valence-corrected chi connectivity index (χ0v) is 11.6. The van der Waals surface area contributed by atoms with Gasteiger partial charge in [0.1, 0.15) is 0 Å². The summed E-state index contributed by atoms with van der Waals surface area (Å²) in [5.74, 6) is 0. The molecule has 0 spiro atoms. The third-order valence-electron chi connectivity index (χ3n) is 3.62. The summed E-state index contributed by atoms with van der Waals surface area (Å²) in [6.07, 6.45) is 9.40. The van der Waals surface area contributed by atoms with Crippen molar-refractivity contribution in [3.8, 4) is 0 Å². The van der Waals surface area contributed by atoms with Gasteiger partial charge in [-0.05, 0) is 55.2 Å². The summed E-state index contributed by atoms with van der Waals surface area (Å²) in [5.41, 5.74) is 3.36. The van der Waals surface area contributed by atoms with Gasteiger partial charge in [0.25, 0.3) is 0 Å². The molecule has 1 aliphatic heterocycles. The number of rotatable bonds is 3. The Morgan fingerprint density at radius 2 is 1.80 bits per heavy atom. The minimum Gasteiger partial charge on any atom is -0.371 e. The van der Waals surface area contributed by atoms with E-state index in [-0.39, 0.29) is 0 Å². The standard InChI is InChI=1S/C17H19N3/c1-2-11-20(12-3-1)17-6-4-5-16(13-17)19-14-15-7-9-18-10-8-15/h4-10,13-14H,1-3,11-12H2. The number of anilines is 1. The van der Waals surface area contributed by atoms with Crippen molar-refractivity contribution in [1.29, 1.82) is 0 Å². The first-order chi connectivity index (χ1) is 9.92. The number of aliphatic imine (C=N–C) groups is 1. The maximum atomic E-state index is 4.55.